The summed E-state index contributed by atoms with van der Waals surface area (Å²) in [5.74, 6) is 1.29. The maximum atomic E-state index is 11.3. The summed E-state index contributed by atoms with van der Waals surface area (Å²) in [6.07, 6.45) is 3.03. The highest BCUT2D eigenvalue weighted by atomic mass is 16.5. The van der Waals surface area contributed by atoms with Gasteiger partial charge in [0.15, 0.2) is 0 Å². The second-order valence-electron chi connectivity index (χ2n) is 7.15. The fourth-order valence-electron chi connectivity index (χ4n) is 3.35. The van der Waals surface area contributed by atoms with Gasteiger partial charge in [-0.15, -0.1) is 0 Å². The normalized spacial score (nSPS) is 16.0. The number of aryl methyl sites for hydroxylation is 1. The van der Waals surface area contributed by atoms with E-state index in [1.165, 1.54) is 11.8 Å². The molecule has 29 heavy (non-hydrogen) atoms. The number of piperazine rings is 1. The Hall–Kier alpha value is -3.33. The average molecular weight is 393 g/mol. The van der Waals surface area contributed by atoms with E-state index < -0.39 is 5.91 Å². The van der Waals surface area contributed by atoms with Crippen LogP contribution < -0.4 is 10.6 Å². The Morgan fingerprint density at radius 2 is 1.83 bits per heavy atom. The van der Waals surface area contributed by atoms with Gasteiger partial charge < -0.3 is 15.2 Å². The maximum Gasteiger partial charge on any atom is 0.268 e. The van der Waals surface area contributed by atoms with Crippen LogP contribution in [0.3, 0.4) is 0 Å². The van der Waals surface area contributed by atoms with Crippen LogP contribution in [-0.4, -0.2) is 57.1 Å². The highest BCUT2D eigenvalue weighted by molar-refractivity contribution is 5.90. The fourth-order valence-corrected chi connectivity index (χ4v) is 3.35. The summed E-state index contributed by atoms with van der Waals surface area (Å²) in [5, 5.41) is 4.14. The molecule has 2 N–H and O–H groups in total. The minimum absolute atomic E-state index is 0.00638. The van der Waals surface area contributed by atoms with Crippen LogP contribution in [-0.2, 0) is 0 Å². The first-order valence-corrected chi connectivity index (χ1v) is 9.53. The van der Waals surface area contributed by atoms with Crippen LogP contribution in [0.25, 0.3) is 11.4 Å². The quantitative estimate of drug-likeness (QED) is 0.698. The van der Waals surface area contributed by atoms with E-state index >= 15 is 0 Å². The van der Waals surface area contributed by atoms with Gasteiger partial charge in [-0.3, -0.25) is 14.7 Å². The average Bonchev–Trinajstić information content (AvgIpc) is 3.24. The van der Waals surface area contributed by atoms with Crippen molar-refractivity contribution < 1.29 is 9.32 Å². The van der Waals surface area contributed by atoms with Gasteiger partial charge in [0.1, 0.15) is 11.5 Å². The molecule has 9 nitrogen and oxygen atoms in total. The van der Waals surface area contributed by atoms with Gasteiger partial charge in [0.05, 0.1) is 18.4 Å². The Balaban J connectivity index is 1.40. The van der Waals surface area contributed by atoms with Gasteiger partial charge >= 0.3 is 0 Å². The van der Waals surface area contributed by atoms with Gasteiger partial charge in [0, 0.05) is 31.7 Å². The number of carbonyl (C=O) groups is 1. The van der Waals surface area contributed by atoms with Gasteiger partial charge in [0.2, 0.25) is 11.7 Å². The van der Waals surface area contributed by atoms with Gasteiger partial charge in [-0.25, -0.2) is 4.98 Å². The third-order valence-electron chi connectivity index (χ3n) is 5.17. The molecule has 1 fully saturated rings. The third kappa shape index (κ3) is 4.09. The number of nitrogens with zero attached hydrogens (tertiary/aromatic N) is 6. The van der Waals surface area contributed by atoms with Crippen LogP contribution in [0.1, 0.15) is 34.9 Å². The van der Waals surface area contributed by atoms with E-state index in [2.05, 4.69) is 36.8 Å². The van der Waals surface area contributed by atoms with Crippen molar-refractivity contribution in [2.45, 2.75) is 19.9 Å². The van der Waals surface area contributed by atoms with E-state index in [1.54, 1.807) is 6.20 Å². The van der Waals surface area contributed by atoms with E-state index in [9.17, 15) is 4.79 Å². The summed E-state index contributed by atoms with van der Waals surface area (Å²) in [7, 11) is 0. The van der Waals surface area contributed by atoms with E-state index in [1.807, 2.05) is 31.2 Å². The summed E-state index contributed by atoms with van der Waals surface area (Å²) >= 11 is 0. The van der Waals surface area contributed by atoms with Crippen LogP contribution in [0.2, 0.25) is 0 Å². The molecule has 0 bridgehead atoms. The van der Waals surface area contributed by atoms with Crippen LogP contribution in [0.4, 0.5) is 5.82 Å². The number of hydrogen-bond donors (Lipinski definition) is 1. The zero-order valence-corrected chi connectivity index (χ0v) is 16.4. The number of aromatic nitrogens is 4. The summed E-state index contributed by atoms with van der Waals surface area (Å²) < 4.78 is 5.53. The summed E-state index contributed by atoms with van der Waals surface area (Å²) in [6, 6.07) is 8.06. The van der Waals surface area contributed by atoms with Crippen molar-refractivity contribution in [3.05, 3.63) is 53.8 Å². The molecule has 1 unspecified atom stereocenters. The number of primary amides is 1. The summed E-state index contributed by atoms with van der Waals surface area (Å²) in [5.41, 5.74) is 7.60. The number of nitrogens with two attached hydrogens (primary N) is 1. The maximum absolute atomic E-state index is 11.3. The molecular formula is C20H23N7O2. The predicted molar refractivity (Wildman–Crippen MR) is 107 cm³/mol. The summed E-state index contributed by atoms with van der Waals surface area (Å²) in [6.45, 7) is 7.21. The number of carbonyl (C=O) groups excluding carboxylic acids is 1. The minimum Gasteiger partial charge on any atom is -0.364 e. The second kappa shape index (κ2) is 7.96. The number of amides is 1. The zero-order chi connectivity index (χ0) is 20.4. The molecule has 0 saturated carbocycles. The van der Waals surface area contributed by atoms with Crippen LogP contribution in [0.15, 0.2) is 41.2 Å². The largest absolute Gasteiger partial charge is 0.364 e. The molecule has 0 spiro atoms. The number of benzene rings is 1. The van der Waals surface area contributed by atoms with E-state index in [0.29, 0.717) is 17.5 Å². The Labute approximate surface area is 168 Å². The first-order chi connectivity index (χ1) is 14.0. The minimum atomic E-state index is -0.576. The molecule has 1 saturated heterocycles. The molecule has 1 atom stereocenters. The molecule has 3 aromatic rings. The summed E-state index contributed by atoms with van der Waals surface area (Å²) in [4.78, 5) is 28.7. The zero-order valence-electron chi connectivity index (χ0n) is 16.4. The Bertz CT molecular complexity index is 994. The van der Waals surface area contributed by atoms with Crippen molar-refractivity contribution >= 4 is 11.7 Å². The van der Waals surface area contributed by atoms with Crippen molar-refractivity contribution in [2.75, 3.05) is 31.1 Å². The van der Waals surface area contributed by atoms with Crippen molar-refractivity contribution in [1.82, 2.24) is 25.0 Å². The lowest BCUT2D eigenvalue weighted by molar-refractivity contribution is 0.0995. The molecule has 1 aliphatic rings. The molecule has 9 heteroatoms. The van der Waals surface area contributed by atoms with Gasteiger partial charge in [0.25, 0.3) is 5.91 Å². The Morgan fingerprint density at radius 3 is 2.52 bits per heavy atom. The van der Waals surface area contributed by atoms with Crippen LogP contribution in [0.5, 0.6) is 0 Å². The van der Waals surface area contributed by atoms with E-state index in [0.717, 1.165) is 31.7 Å². The van der Waals surface area contributed by atoms with E-state index in [-0.39, 0.29) is 11.7 Å². The van der Waals surface area contributed by atoms with Gasteiger partial charge in [-0.1, -0.05) is 35.0 Å². The highest BCUT2D eigenvalue weighted by Crippen LogP contribution is 2.24. The molecule has 3 heterocycles. The smallest absolute Gasteiger partial charge is 0.268 e. The first kappa shape index (κ1) is 19.0. The lowest BCUT2D eigenvalue weighted by Crippen LogP contribution is -2.47. The molecule has 1 amide bonds. The molecule has 1 aliphatic heterocycles. The standard InChI is InChI=1S/C20H23N7O2/c1-13-3-5-15(6-4-13)19-24-20(29-25-19)14(2)26-7-9-27(10-8-26)17-12-22-11-16(23-17)18(21)28/h3-6,11-12,14H,7-10H2,1-2H3,(H2,21,28). The number of rotatable bonds is 5. The van der Waals surface area contributed by atoms with Crippen LogP contribution in [0, 0.1) is 6.92 Å². The topological polar surface area (TPSA) is 114 Å². The molecule has 1 aromatic carbocycles. The molecule has 4 rings (SSSR count). The molecule has 0 aliphatic carbocycles. The number of hydrogen-bond acceptors (Lipinski definition) is 8. The molecule has 150 valence electrons. The highest BCUT2D eigenvalue weighted by Gasteiger charge is 2.26. The lowest BCUT2D eigenvalue weighted by atomic mass is 10.1. The molecule has 2 aromatic heterocycles. The fraction of sp³-hybridized carbons (Fsp3) is 0.350. The lowest BCUT2D eigenvalue weighted by Gasteiger charge is -2.37. The second-order valence-corrected chi connectivity index (χ2v) is 7.15. The van der Waals surface area contributed by atoms with Crippen molar-refractivity contribution in [2.24, 2.45) is 5.73 Å². The third-order valence-corrected chi connectivity index (χ3v) is 5.17. The predicted octanol–water partition coefficient (Wildman–Crippen LogP) is 1.82. The number of anilines is 1. The Morgan fingerprint density at radius 1 is 1.10 bits per heavy atom. The first-order valence-electron chi connectivity index (χ1n) is 9.53. The van der Waals surface area contributed by atoms with Crippen molar-refractivity contribution in [1.29, 1.82) is 0 Å². The van der Waals surface area contributed by atoms with E-state index in [4.69, 9.17) is 10.3 Å². The molecular weight excluding hydrogens is 370 g/mol. The van der Waals surface area contributed by atoms with Gasteiger partial charge in [-0.2, -0.15) is 4.98 Å². The Kier molecular flexibility index (Phi) is 5.22. The molecule has 0 radical (unpaired) electrons. The SMILES string of the molecule is Cc1ccc(-c2noc(C(C)N3CCN(c4cncc(C(N)=O)n4)CC3)n2)cc1. The van der Waals surface area contributed by atoms with Crippen molar-refractivity contribution in [3.63, 3.8) is 0 Å². The van der Waals surface area contributed by atoms with Crippen LogP contribution >= 0.6 is 0 Å². The monoisotopic (exact) mass is 393 g/mol. The van der Waals surface area contributed by atoms with Gasteiger partial charge in [-0.05, 0) is 13.8 Å². The van der Waals surface area contributed by atoms with Crippen molar-refractivity contribution in [3.8, 4) is 11.4 Å².